The van der Waals surface area contributed by atoms with Crippen LogP contribution in [0.25, 0.3) is 0 Å². The van der Waals surface area contributed by atoms with Crippen molar-refractivity contribution in [3.8, 4) is 0 Å². The number of nitrogens with one attached hydrogen (secondary N) is 1. The predicted molar refractivity (Wildman–Crippen MR) is 185 cm³/mol. The highest BCUT2D eigenvalue weighted by Crippen LogP contribution is 2.39. The normalized spacial score (nSPS) is 49.2. The van der Waals surface area contributed by atoms with E-state index in [1.807, 2.05) is 32.8 Å². The lowest BCUT2D eigenvalue weighted by molar-refractivity contribution is -0.313. The zero-order chi connectivity index (χ0) is 37.9. The number of carbonyl (C=O) groups excluding carboxylic acids is 1. The smallest absolute Gasteiger partial charge is 0.311 e. The average molecular weight is 721 g/mol. The van der Waals surface area contributed by atoms with E-state index in [2.05, 4.69) is 5.32 Å². The van der Waals surface area contributed by atoms with E-state index in [9.17, 15) is 30.3 Å². The zero-order valence-corrected chi connectivity index (χ0v) is 32.4. The van der Waals surface area contributed by atoms with Gasteiger partial charge in [0.05, 0.1) is 42.0 Å². The minimum Gasteiger partial charge on any atom is -0.459 e. The van der Waals surface area contributed by atoms with Gasteiger partial charge in [-0.2, -0.15) is 0 Å². The second-order valence-electron chi connectivity index (χ2n) is 16.2. The molecule has 14 nitrogen and oxygen atoms in total. The Bertz CT molecular complexity index is 1080. The molecule has 0 aromatic carbocycles. The second-order valence-corrected chi connectivity index (χ2v) is 16.2. The summed E-state index contributed by atoms with van der Waals surface area (Å²) in [7, 11) is 5.25. The Balaban J connectivity index is 2.13. The van der Waals surface area contributed by atoms with Gasteiger partial charge >= 0.3 is 5.97 Å². The van der Waals surface area contributed by atoms with Gasteiger partial charge in [-0.1, -0.05) is 20.8 Å². The minimum atomic E-state index is -1.80. The number of hydrogen-bond acceptors (Lipinski definition) is 14. The summed E-state index contributed by atoms with van der Waals surface area (Å²) in [6, 6.07) is -0.832. The largest absolute Gasteiger partial charge is 0.459 e. The van der Waals surface area contributed by atoms with Crippen LogP contribution in [0, 0.1) is 17.8 Å². The lowest BCUT2D eigenvalue weighted by Gasteiger charge is -2.48. The molecule has 3 aliphatic rings. The third-order valence-corrected chi connectivity index (χ3v) is 11.5. The zero-order valence-electron chi connectivity index (χ0n) is 32.4. The van der Waals surface area contributed by atoms with Gasteiger partial charge in [-0.25, -0.2) is 0 Å². The van der Waals surface area contributed by atoms with Gasteiger partial charge in [0.1, 0.15) is 30.0 Å². The van der Waals surface area contributed by atoms with Crippen molar-refractivity contribution in [1.29, 1.82) is 0 Å². The number of cyclic esters (lactones) is 1. The lowest BCUT2D eigenvalue weighted by atomic mass is 9.77. The van der Waals surface area contributed by atoms with Crippen LogP contribution in [0.4, 0.5) is 0 Å². The fourth-order valence-electron chi connectivity index (χ4n) is 8.15. The van der Waals surface area contributed by atoms with Gasteiger partial charge in [-0.05, 0) is 87.4 Å². The summed E-state index contributed by atoms with van der Waals surface area (Å²) in [5.74, 6) is -2.58. The number of hydrogen-bond donors (Lipinski definition) is 6. The maximum atomic E-state index is 14.1. The van der Waals surface area contributed by atoms with E-state index in [1.165, 1.54) is 14.0 Å². The lowest BCUT2D eigenvalue weighted by Crippen LogP contribution is -2.60. The Hall–Kier alpha value is -1.01. The molecule has 0 radical (unpaired) electrons. The van der Waals surface area contributed by atoms with Crippen molar-refractivity contribution in [3.05, 3.63) is 0 Å². The molecule has 0 bridgehead atoms. The summed E-state index contributed by atoms with van der Waals surface area (Å²) in [5.41, 5.74) is -4.36. The summed E-state index contributed by atoms with van der Waals surface area (Å²) in [6.07, 6.45) is -7.87. The fraction of sp³-hybridized carbons (Fsp3) is 0.972. The second kappa shape index (κ2) is 17.4. The number of carbonyl (C=O) groups is 1. The molecule has 3 heterocycles. The van der Waals surface area contributed by atoms with E-state index in [1.54, 1.807) is 41.5 Å². The van der Waals surface area contributed by atoms with Crippen LogP contribution in [0.15, 0.2) is 0 Å². The van der Waals surface area contributed by atoms with Gasteiger partial charge in [0.2, 0.25) is 0 Å². The number of likely N-dealkylation sites (N-methyl/N-ethyl adjacent to an activating group) is 1. The Morgan fingerprint density at radius 2 is 1.62 bits per heavy atom. The van der Waals surface area contributed by atoms with E-state index in [4.69, 9.17) is 28.4 Å². The van der Waals surface area contributed by atoms with Crippen LogP contribution in [0.2, 0.25) is 0 Å². The fourth-order valence-corrected chi connectivity index (χ4v) is 8.15. The van der Waals surface area contributed by atoms with Crippen molar-refractivity contribution in [2.24, 2.45) is 17.8 Å². The van der Waals surface area contributed by atoms with Crippen molar-refractivity contribution in [2.45, 2.75) is 172 Å². The Kier molecular flexibility index (Phi) is 15.1. The number of nitrogens with zero attached hydrogens (tertiary/aromatic N) is 1. The van der Waals surface area contributed by atoms with Crippen LogP contribution in [-0.2, 0) is 33.2 Å². The molecule has 0 amide bonds. The van der Waals surface area contributed by atoms with Crippen LogP contribution in [0.3, 0.4) is 0 Å². The van der Waals surface area contributed by atoms with E-state index in [0.717, 1.165) is 0 Å². The van der Waals surface area contributed by atoms with Crippen molar-refractivity contribution < 1.29 is 58.7 Å². The van der Waals surface area contributed by atoms with Gasteiger partial charge in [0.15, 0.2) is 12.6 Å². The van der Waals surface area contributed by atoms with E-state index < -0.39 is 96.0 Å². The van der Waals surface area contributed by atoms with E-state index in [0.29, 0.717) is 19.6 Å². The number of aliphatic hydroxyl groups is 5. The molecule has 17 atom stereocenters. The van der Waals surface area contributed by atoms with Gasteiger partial charge in [0, 0.05) is 31.5 Å². The molecule has 3 saturated heterocycles. The average Bonchev–Trinajstić information content (AvgIpc) is 3.04. The quantitative estimate of drug-likeness (QED) is 0.206. The first-order valence-electron chi connectivity index (χ1n) is 18.3. The highest BCUT2D eigenvalue weighted by atomic mass is 16.7. The molecule has 3 aliphatic heterocycles. The molecule has 6 N–H and O–H groups in total. The number of methoxy groups -OCH3 is 1. The summed E-state index contributed by atoms with van der Waals surface area (Å²) < 4.78 is 37.0. The molecular formula is C36H68N2O12. The van der Waals surface area contributed by atoms with Crippen LogP contribution >= 0.6 is 0 Å². The molecular weight excluding hydrogens is 652 g/mol. The van der Waals surface area contributed by atoms with Crippen LogP contribution in [0.1, 0.15) is 88.0 Å². The Morgan fingerprint density at radius 1 is 0.980 bits per heavy atom. The Morgan fingerprint density at radius 3 is 2.20 bits per heavy atom. The molecule has 0 aromatic heterocycles. The van der Waals surface area contributed by atoms with Crippen molar-refractivity contribution in [3.63, 3.8) is 0 Å². The summed E-state index contributed by atoms with van der Waals surface area (Å²) in [5, 5.41) is 60.7. The van der Waals surface area contributed by atoms with E-state index >= 15 is 0 Å². The number of aliphatic hydroxyl groups excluding tert-OH is 3. The summed E-state index contributed by atoms with van der Waals surface area (Å²) in [6.45, 7) is 16.2. The third kappa shape index (κ3) is 9.74. The van der Waals surface area contributed by atoms with Crippen LogP contribution < -0.4 is 5.32 Å². The molecule has 0 spiro atoms. The SMILES string of the molecule is CC[C@H]1OC(=O)[C@H](C)[C@@H](OC2C[C@@](C)(OC)[C@@H](O)[C@H](C)O2)[C@H](C)C(OC2OCC[C@H](N(C)C)C2O)[C@](C)(O)C[C@@H](C)CN[C@H](C)C(O)[C@]1(C)O. The maximum Gasteiger partial charge on any atom is 0.311 e. The first-order valence-corrected chi connectivity index (χ1v) is 18.3. The molecule has 0 saturated carbocycles. The topological polar surface area (TPSA) is 189 Å². The number of rotatable bonds is 7. The molecule has 14 heteroatoms. The first kappa shape index (κ1) is 43.4. The third-order valence-electron chi connectivity index (χ3n) is 11.5. The molecule has 5 unspecified atom stereocenters. The molecule has 0 aliphatic carbocycles. The summed E-state index contributed by atoms with van der Waals surface area (Å²) >= 11 is 0. The molecule has 0 aromatic rings. The summed E-state index contributed by atoms with van der Waals surface area (Å²) in [4.78, 5) is 16.0. The van der Waals surface area contributed by atoms with Crippen LogP contribution in [-0.4, -0.2) is 155 Å². The molecule has 294 valence electrons. The standard InChI is InChI=1S/C36H68N2O12/c1-13-25-36(9,44)29(40)22(5)37-18-19(2)16-34(7,43)31(50-33-27(39)24(38(10)11)14-15-46-33)20(3)28(21(4)32(42)48-25)49-26-17-35(8,45-12)30(41)23(6)47-26/h19-31,33,37,39-41,43-44H,13-18H2,1-12H3/t19-,20+,21-,22-,23+,24+,25-,26?,27?,28+,29?,30+,31?,33?,34-,35-,36-/m1/s1. The van der Waals surface area contributed by atoms with E-state index in [-0.39, 0.29) is 31.2 Å². The molecule has 3 rings (SSSR count). The Labute approximate surface area is 299 Å². The van der Waals surface area contributed by atoms with Crippen molar-refractivity contribution in [2.75, 3.05) is 34.4 Å². The van der Waals surface area contributed by atoms with Crippen LogP contribution in [0.5, 0.6) is 0 Å². The van der Waals surface area contributed by atoms with Gasteiger partial charge in [0.25, 0.3) is 0 Å². The number of ether oxygens (including phenoxy) is 6. The first-order chi connectivity index (χ1) is 23.1. The van der Waals surface area contributed by atoms with Crippen molar-refractivity contribution in [1.82, 2.24) is 10.2 Å². The molecule has 3 fully saturated rings. The maximum absolute atomic E-state index is 14.1. The van der Waals surface area contributed by atoms with Crippen molar-refractivity contribution >= 4 is 5.97 Å². The van der Waals surface area contributed by atoms with Gasteiger partial charge < -0.3 is 64.2 Å². The highest BCUT2D eigenvalue weighted by Gasteiger charge is 2.52. The van der Waals surface area contributed by atoms with Gasteiger partial charge in [-0.3, -0.25) is 4.79 Å². The monoisotopic (exact) mass is 720 g/mol. The minimum absolute atomic E-state index is 0.135. The van der Waals surface area contributed by atoms with Gasteiger partial charge in [-0.15, -0.1) is 0 Å². The number of esters is 1. The highest BCUT2D eigenvalue weighted by molar-refractivity contribution is 5.73. The predicted octanol–water partition coefficient (Wildman–Crippen LogP) is 1.17. The molecule has 50 heavy (non-hydrogen) atoms.